The van der Waals surface area contributed by atoms with Crippen molar-refractivity contribution >= 4 is 5.69 Å². The summed E-state index contributed by atoms with van der Waals surface area (Å²) in [6.45, 7) is 12.5. The lowest BCUT2D eigenvalue weighted by molar-refractivity contribution is -0.0564. The number of rotatable bonds is 8. The van der Waals surface area contributed by atoms with Crippen molar-refractivity contribution in [3.8, 4) is 5.75 Å². The molecule has 3 aliphatic rings. The van der Waals surface area contributed by atoms with E-state index in [0.29, 0.717) is 23.5 Å². The van der Waals surface area contributed by atoms with Crippen molar-refractivity contribution in [3.63, 3.8) is 0 Å². The van der Waals surface area contributed by atoms with Gasteiger partial charge in [-0.25, -0.2) is 0 Å². The van der Waals surface area contributed by atoms with Gasteiger partial charge in [-0.2, -0.15) is 0 Å². The van der Waals surface area contributed by atoms with Crippen LogP contribution in [-0.4, -0.2) is 68.7 Å². The number of piperazine rings is 1. The molecule has 2 aliphatic carbocycles. The molecule has 3 fully saturated rings. The van der Waals surface area contributed by atoms with Crippen LogP contribution in [0.5, 0.6) is 5.75 Å². The van der Waals surface area contributed by atoms with E-state index in [2.05, 4.69) is 42.7 Å². The zero-order valence-electron chi connectivity index (χ0n) is 19.3. The fourth-order valence-electron chi connectivity index (χ4n) is 6.18. The minimum absolute atomic E-state index is 0.303. The molecule has 2 saturated carbocycles. The summed E-state index contributed by atoms with van der Waals surface area (Å²) in [5.74, 6) is 1.73. The molecule has 4 atom stereocenters. The number of methoxy groups -OCH3 is 1. The summed E-state index contributed by atoms with van der Waals surface area (Å²) in [5, 5.41) is 10.6. The molecule has 5 nitrogen and oxygen atoms in total. The van der Waals surface area contributed by atoms with E-state index in [4.69, 9.17) is 9.47 Å². The molecule has 1 aromatic rings. The number of anilines is 1. The largest absolute Gasteiger partial charge is 0.495 e. The SMILES string of the molecule is COc1ccccc1N1CCN(C[C@H](O)CCO[C@H]2C[C@H]3CC[C@@]2(C)C3(C)C)CC1. The molecule has 0 unspecified atom stereocenters. The molecule has 30 heavy (non-hydrogen) atoms. The van der Waals surface area contributed by atoms with Gasteiger partial charge in [0.15, 0.2) is 0 Å². The Bertz CT molecular complexity index is 716. The van der Waals surface area contributed by atoms with E-state index in [9.17, 15) is 5.11 Å². The summed E-state index contributed by atoms with van der Waals surface area (Å²) in [4.78, 5) is 4.75. The van der Waals surface area contributed by atoms with Gasteiger partial charge in [-0.15, -0.1) is 0 Å². The van der Waals surface area contributed by atoms with Crippen LogP contribution >= 0.6 is 0 Å². The maximum Gasteiger partial charge on any atom is 0.142 e. The highest BCUT2D eigenvalue weighted by atomic mass is 16.5. The first-order valence-electron chi connectivity index (χ1n) is 11.7. The third-order valence-corrected chi connectivity index (χ3v) is 8.75. The minimum Gasteiger partial charge on any atom is -0.495 e. The van der Waals surface area contributed by atoms with Gasteiger partial charge in [0.2, 0.25) is 0 Å². The highest BCUT2D eigenvalue weighted by Crippen LogP contribution is 2.66. The van der Waals surface area contributed by atoms with Crippen LogP contribution in [-0.2, 0) is 4.74 Å². The Balaban J connectivity index is 1.18. The minimum atomic E-state index is -0.317. The Kier molecular flexibility index (Phi) is 6.34. The third kappa shape index (κ3) is 3.96. The first-order chi connectivity index (χ1) is 14.3. The molecule has 1 N–H and O–H groups in total. The van der Waals surface area contributed by atoms with Crippen molar-refractivity contribution in [2.75, 3.05) is 51.3 Å². The van der Waals surface area contributed by atoms with Crippen molar-refractivity contribution in [1.82, 2.24) is 4.90 Å². The first-order valence-corrected chi connectivity index (χ1v) is 11.7. The highest BCUT2D eigenvalue weighted by Gasteiger charge is 2.61. The maximum atomic E-state index is 10.6. The molecule has 1 saturated heterocycles. The van der Waals surface area contributed by atoms with Crippen LogP contribution in [0.1, 0.15) is 46.5 Å². The van der Waals surface area contributed by atoms with Crippen LogP contribution in [0.2, 0.25) is 0 Å². The molecular formula is C25H40N2O3. The Hall–Kier alpha value is -1.30. The van der Waals surface area contributed by atoms with Crippen molar-refractivity contribution < 1.29 is 14.6 Å². The average Bonchev–Trinajstić information content (AvgIpc) is 3.08. The lowest BCUT2D eigenvalue weighted by Crippen LogP contribution is -2.48. The maximum absolute atomic E-state index is 10.6. The molecule has 1 heterocycles. The van der Waals surface area contributed by atoms with Crippen molar-refractivity contribution in [1.29, 1.82) is 0 Å². The fourth-order valence-corrected chi connectivity index (χ4v) is 6.18. The summed E-state index contributed by atoms with van der Waals surface area (Å²) in [6.07, 6.45) is 4.61. The number of nitrogens with zero attached hydrogens (tertiary/aromatic N) is 2. The summed E-state index contributed by atoms with van der Waals surface area (Å²) in [6, 6.07) is 8.21. The van der Waals surface area contributed by atoms with Gasteiger partial charge in [-0.1, -0.05) is 32.9 Å². The van der Waals surface area contributed by atoms with Crippen LogP contribution < -0.4 is 9.64 Å². The Morgan fingerprint density at radius 1 is 1.13 bits per heavy atom. The van der Waals surface area contributed by atoms with E-state index in [1.54, 1.807) is 7.11 Å². The first kappa shape index (κ1) is 21.9. The standard InChI is InChI=1S/C25H40N2O3/c1-24(2)19-9-11-25(24,3)23(17-19)30-16-10-20(28)18-26-12-14-27(15-13-26)21-7-5-6-8-22(21)29-4/h5-8,19-20,23,28H,9-18H2,1-4H3/t19-,20-,23+,25-/m1/s1. The quantitative estimate of drug-likeness (QED) is 0.698. The predicted molar refractivity (Wildman–Crippen MR) is 121 cm³/mol. The van der Waals surface area contributed by atoms with Gasteiger partial charge in [0.05, 0.1) is 25.0 Å². The van der Waals surface area contributed by atoms with E-state index in [1.165, 1.54) is 19.3 Å². The van der Waals surface area contributed by atoms with E-state index >= 15 is 0 Å². The van der Waals surface area contributed by atoms with Gasteiger partial charge in [0, 0.05) is 39.3 Å². The normalized spacial score (nSPS) is 31.8. The van der Waals surface area contributed by atoms with E-state index in [-0.39, 0.29) is 6.10 Å². The van der Waals surface area contributed by atoms with Crippen LogP contribution in [0, 0.1) is 16.7 Å². The van der Waals surface area contributed by atoms with Crippen LogP contribution in [0.15, 0.2) is 24.3 Å². The van der Waals surface area contributed by atoms with Gasteiger partial charge in [0.25, 0.3) is 0 Å². The lowest BCUT2D eigenvalue weighted by Gasteiger charge is -2.39. The summed E-state index contributed by atoms with van der Waals surface area (Å²) in [7, 11) is 1.73. The topological polar surface area (TPSA) is 45.2 Å². The molecular weight excluding hydrogens is 376 g/mol. The summed E-state index contributed by atoms with van der Waals surface area (Å²) in [5.41, 5.74) is 1.85. The summed E-state index contributed by atoms with van der Waals surface area (Å²) >= 11 is 0. The van der Waals surface area contributed by atoms with Crippen molar-refractivity contribution in [2.45, 2.75) is 58.7 Å². The zero-order chi connectivity index (χ0) is 21.4. The summed E-state index contributed by atoms with van der Waals surface area (Å²) < 4.78 is 11.8. The van der Waals surface area contributed by atoms with Crippen molar-refractivity contribution in [2.24, 2.45) is 16.7 Å². The molecule has 2 bridgehead atoms. The number of ether oxygens (including phenoxy) is 2. The third-order valence-electron chi connectivity index (χ3n) is 8.75. The van der Waals surface area contributed by atoms with Crippen LogP contribution in [0.3, 0.4) is 0 Å². The molecule has 0 spiro atoms. The second kappa shape index (κ2) is 8.68. The smallest absolute Gasteiger partial charge is 0.142 e. The molecule has 0 amide bonds. The van der Waals surface area contributed by atoms with Crippen LogP contribution in [0.4, 0.5) is 5.69 Å². The zero-order valence-corrected chi connectivity index (χ0v) is 19.3. The number of fused-ring (bicyclic) bond motifs is 2. The van der Waals surface area contributed by atoms with Crippen LogP contribution in [0.25, 0.3) is 0 Å². The Morgan fingerprint density at radius 2 is 1.87 bits per heavy atom. The molecule has 1 aliphatic heterocycles. The lowest BCUT2D eigenvalue weighted by atomic mass is 9.70. The number of β-amino-alcohol motifs (C(OH)–C–C–N with tert-alkyl or cyclic N) is 1. The number of aliphatic hydroxyl groups is 1. The number of aliphatic hydroxyl groups excluding tert-OH is 1. The monoisotopic (exact) mass is 416 g/mol. The second-order valence-corrected chi connectivity index (χ2v) is 10.4. The number of para-hydroxylation sites is 2. The van der Waals surface area contributed by atoms with Gasteiger partial charge >= 0.3 is 0 Å². The molecule has 4 rings (SSSR count). The van der Waals surface area contributed by atoms with Gasteiger partial charge in [0.1, 0.15) is 5.75 Å². The molecule has 168 valence electrons. The van der Waals surface area contributed by atoms with Gasteiger partial charge in [-0.05, 0) is 54.6 Å². The Morgan fingerprint density at radius 3 is 2.50 bits per heavy atom. The van der Waals surface area contributed by atoms with Gasteiger partial charge < -0.3 is 19.5 Å². The average molecular weight is 417 g/mol. The Labute approximate surface area is 182 Å². The van der Waals surface area contributed by atoms with E-state index in [1.807, 2.05) is 12.1 Å². The highest BCUT2D eigenvalue weighted by molar-refractivity contribution is 5.58. The molecule has 0 radical (unpaired) electrons. The fraction of sp³-hybridized carbons (Fsp3) is 0.760. The van der Waals surface area contributed by atoms with E-state index in [0.717, 1.165) is 56.5 Å². The van der Waals surface area contributed by atoms with E-state index < -0.39 is 0 Å². The molecule has 1 aromatic carbocycles. The second-order valence-electron chi connectivity index (χ2n) is 10.4. The number of hydrogen-bond acceptors (Lipinski definition) is 5. The van der Waals surface area contributed by atoms with Crippen molar-refractivity contribution in [3.05, 3.63) is 24.3 Å². The molecule has 5 heteroatoms. The number of benzene rings is 1. The van der Waals surface area contributed by atoms with Gasteiger partial charge in [-0.3, -0.25) is 4.90 Å². The predicted octanol–water partition coefficient (Wildman–Crippen LogP) is 3.80. The molecule has 0 aromatic heterocycles. The number of hydrogen-bond donors (Lipinski definition) is 1.